The molecule has 0 spiro atoms. The molecule has 1 aromatic heterocycles. The third-order valence-corrected chi connectivity index (χ3v) is 7.38. The van der Waals surface area contributed by atoms with Gasteiger partial charge in [-0.05, 0) is 31.2 Å². The number of hydrogen-bond donors (Lipinski definition) is 1. The third kappa shape index (κ3) is 4.51. The number of hydrogen-bond acceptors (Lipinski definition) is 5. The van der Waals surface area contributed by atoms with Crippen molar-refractivity contribution < 1.29 is 22.7 Å². The van der Waals surface area contributed by atoms with Crippen molar-refractivity contribution in [1.82, 2.24) is 9.29 Å². The average Bonchev–Trinajstić information content (AvgIpc) is 3.18. The van der Waals surface area contributed by atoms with Crippen LogP contribution >= 0.6 is 11.6 Å². The molecule has 1 heterocycles. The van der Waals surface area contributed by atoms with Crippen molar-refractivity contribution in [2.45, 2.75) is 31.8 Å². The predicted octanol–water partition coefficient (Wildman–Crippen LogP) is 4.28. The number of aromatic nitrogens is 1. The van der Waals surface area contributed by atoms with Gasteiger partial charge in [0.25, 0.3) is 0 Å². The summed E-state index contributed by atoms with van der Waals surface area (Å²) in [5.74, 6) is -1.25. The van der Waals surface area contributed by atoms with Crippen molar-refractivity contribution in [3.8, 4) is 0 Å². The number of rotatable bonds is 8. The van der Waals surface area contributed by atoms with Crippen LogP contribution in [0.25, 0.3) is 10.9 Å². The maximum Gasteiger partial charge on any atom is 0.340 e. The minimum absolute atomic E-state index is 0.0373. The summed E-state index contributed by atoms with van der Waals surface area (Å²) in [6.07, 6.45) is 0.479. The summed E-state index contributed by atoms with van der Waals surface area (Å²) in [7, 11) is -3.78. The number of halogens is 1. The van der Waals surface area contributed by atoms with E-state index in [9.17, 15) is 18.0 Å². The Morgan fingerprint density at radius 1 is 1.10 bits per heavy atom. The molecule has 3 rings (SSSR count). The molecular formula is C22H23ClN2O5S. The molecule has 0 radical (unpaired) electrons. The van der Waals surface area contributed by atoms with Gasteiger partial charge in [0.2, 0.25) is 15.8 Å². The van der Waals surface area contributed by atoms with E-state index in [1.54, 1.807) is 26.1 Å². The van der Waals surface area contributed by atoms with Crippen molar-refractivity contribution in [3.63, 3.8) is 0 Å². The zero-order valence-corrected chi connectivity index (χ0v) is 19.0. The summed E-state index contributed by atoms with van der Waals surface area (Å²) in [4.78, 5) is 28.5. The van der Waals surface area contributed by atoms with Gasteiger partial charge < -0.3 is 9.72 Å². The highest BCUT2D eigenvalue weighted by Gasteiger charge is 2.27. The van der Waals surface area contributed by atoms with Crippen molar-refractivity contribution in [1.29, 1.82) is 0 Å². The average molecular weight is 463 g/mol. The Labute approximate surface area is 186 Å². The number of esters is 1. The molecule has 2 aromatic carbocycles. The second-order valence-corrected chi connectivity index (χ2v) is 9.24. The Hall–Kier alpha value is -2.68. The number of H-pyrrole nitrogens is 1. The molecule has 0 fully saturated rings. The first-order valence-corrected chi connectivity index (χ1v) is 11.6. The maximum atomic E-state index is 12.8. The molecule has 0 aliphatic rings. The molecule has 0 saturated heterocycles. The van der Waals surface area contributed by atoms with Crippen LogP contribution in [-0.4, -0.2) is 48.7 Å². The van der Waals surface area contributed by atoms with E-state index in [0.29, 0.717) is 5.56 Å². The molecule has 9 heteroatoms. The summed E-state index contributed by atoms with van der Waals surface area (Å²) in [5.41, 5.74) is 1.08. The van der Waals surface area contributed by atoms with Crippen LogP contribution in [0.3, 0.4) is 0 Å². The molecule has 7 nitrogen and oxygen atoms in total. The van der Waals surface area contributed by atoms with Crippen LogP contribution in [0.2, 0.25) is 5.02 Å². The van der Waals surface area contributed by atoms with E-state index in [1.165, 1.54) is 29.4 Å². The molecular weight excluding hydrogens is 440 g/mol. The number of benzene rings is 2. The minimum atomic E-state index is -3.78. The summed E-state index contributed by atoms with van der Waals surface area (Å²) in [5, 5.41) is 0.760. The number of carbonyl (C=O) groups excluding carboxylic acids is 2. The van der Waals surface area contributed by atoms with E-state index in [1.807, 2.05) is 18.2 Å². The first-order valence-electron chi connectivity index (χ1n) is 9.81. The largest absolute Gasteiger partial charge is 0.451 e. The number of nitrogens with one attached hydrogen (secondary N) is 1. The monoisotopic (exact) mass is 462 g/mol. The highest BCUT2D eigenvalue weighted by atomic mass is 35.5. The maximum absolute atomic E-state index is 12.8. The quantitative estimate of drug-likeness (QED) is 0.398. The summed E-state index contributed by atoms with van der Waals surface area (Å²) in [6.45, 7) is 5.50. The number of carbonyl (C=O) groups is 2. The molecule has 1 atom stereocenters. The highest BCUT2D eigenvalue weighted by Crippen LogP contribution is 2.25. The standard InChI is InChI=1S/C22H23ClN2O5S/c1-4-25(5-2)31(28,29)15-10-11-19(23)17(12-15)22(27)30-14(3)21(26)18-13-24-20-9-7-6-8-16(18)20/h6-14,24H,4-5H2,1-3H3. The molecule has 0 saturated carbocycles. The first kappa shape index (κ1) is 23.0. The number of aromatic amines is 1. The van der Waals surface area contributed by atoms with Crippen LogP contribution in [0.4, 0.5) is 0 Å². The van der Waals surface area contributed by atoms with E-state index < -0.39 is 22.1 Å². The van der Waals surface area contributed by atoms with Gasteiger partial charge in [-0.3, -0.25) is 4.79 Å². The molecule has 0 aliphatic heterocycles. The van der Waals surface area contributed by atoms with Gasteiger partial charge in [0, 0.05) is 35.8 Å². The topological polar surface area (TPSA) is 96.5 Å². The third-order valence-electron chi connectivity index (χ3n) is 5.01. The van der Waals surface area contributed by atoms with Crippen LogP contribution in [-0.2, 0) is 14.8 Å². The van der Waals surface area contributed by atoms with Crippen molar-refractivity contribution in [2.75, 3.05) is 13.1 Å². The van der Waals surface area contributed by atoms with Crippen molar-refractivity contribution in [2.24, 2.45) is 0 Å². The van der Waals surface area contributed by atoms with E-state index in [-0.39, 0.29) is 34.4 Å². The van der Waals surface area contributed by atoms with E-state index in [0.717, 1.165) is 10.9 Å². The molecule has 0 bridgehead atoms. The number of Topliss-reactive ketones (excluding diaryl/α,β-unsaturated/α-hetero) is 1. The highest BCUT2D eigenvalue weighted by molar-refractivity contribution is 7.89. The van der Waals surface area contributed by atoms with Crippen molar-refractivity contribution in [3.05, 3.63) is 64.8 Å². The number of fused-ring (bicyclic) bond motifs is 1. The van der Waals surface area contributed by atoms with Crippen LogP contribution in [0.15, 0.2) is 53.6 Å². The lowest BCUT2D eigenvalue weighted by Gasteiger charge is -2.19. The number of ketones is 1. The lowest BCUT2D eigenvalue weighted by Crippen LogP contribution is -2.31. The fourth-order valence-electron chi connectivity index (χ4n) is 3.31. The van der Waals surface area contributed by atoms with Crippen LogP contribution < -0.4 is 0 Å². The van der Waals surface area contributed by atoms with Gasteiger partial charge in [0.05, 0.1) is 15.5 Å². The van der Waals surface area contributed by atoms with E-state index >= 15 is 0 Å². The lowest BCUT2D eigenvalue weighted by molar-refractivity contribution is 0.0319. The summed E-state index contributed by atoms with van der Waals surface area (Å²) >= 11 is 6.13. The number of sulfonamides is 1. The Morgan fingerprint density at radius 2 is 1.77 bits per heavy atom. The smallest absolute Gasteiger partial charge is 0.340 e. The fraction of sp³-hybridized carbons (Fsp3) is 0.273. The summed E-state index contributed by atoms with van der Waals surface area (Å²) in [6, 6.07) is 11.1. The Morgan fingerprint density at radius 3 is 2.45 bits per heavy atom. The van der Waals surface area contributed by atoms with Gasteiger partial charge in [-0.25, -0.2) is 13.2 Å². The van der Waals surface area contributed by atoms with Crippen LogP contribution in [0.5, 0.6) is 0 Å². The van der Waals surface area contributed by atoms with Gasteiger partial charge in [-0.2, -0.15) is 4.31 Å². The zero-order valence-electron chi connectivity index (χ0n) is 17.4. The molecule has 1 N–H and O–H groups in total. The SMILES string of the molecule is CCN(CC)S(=O)(=O)c1ccc(Cl)c(C(=O)OC(C)C(=O)c2c[nH]c3ccccc23)c1. The zero-order chi connectivity index (χ0) is 22.8. The second-order valence-electron chi connectivity index (χ2n) is 6.89. The minimum Gasteiger partial charge on any atom is -0.451 e. The van der Waals surface area contributed by atoms with Gasteiger partial charge in [-0.1, -0.05) is 43.6 Å². The van der Waals surface area contributed by atoms with Crippen LogP contribution in [0, 0.1) is 0 Å². The normalized spacial score (nSPS) is 12.8. The predicted molar refractivity (Wildman–Crippen MR) is 119 cm³/mol. The van der Waals surface area contributed by atoms with Crippen molar-refractivity contribution >= 4 is 44.3 Å². The Kier molecular flexibility index (Phi) is 6.83. The molecule has 0 amide bonds. The fourth-order valence-corrected chi connectivity index (χ4v) is 4.99. The molecule has 3 aromatic rings. The number of nitrogens with zero attached hydrogens (tertiary/aromatic N) is 1. The van der Waals surface area contributed by atoms with Gasteiger partial charge >= 0.3 is 5.97 Å². The van der Waals surface area contributed by atoms with E-state index in [2.05, 4.69) is 4.98 Å². The Balaban J connectivity index is 1.85. The van der Waals surface area contributed by atoms with E-state index in [4.69, 9.17) is 16.3 Å². The number of ether oxygens (including phenoxy) is 1. The first-order chi connectivity index (χ1) is 14.7. The summed E-state index contributed by atoms with van der Waals surface area (Å²) < 4.78 is 32.1. The van der Waals surface area contributed by atoms with Crippen LogP contribution in [0.1, 0.15) is 41.5 Å². The second kappa shape index (κ2) is 9.21. The molecule has 0 aliphatic carbocycles. The lowest BCUT2D eigenvalue weighted by atomic mass is 10.1. The van der Waals surface area contributed by atoms with Gasteiger partial charge in [-0.15, -0.1) is 0 Å². The van der Waals surface area contributed by atoms with Gasteiger partial charge in [0.1, 0.15) is 0 Å². The number of para-hydroxylation sites is 1. The Bertz CT molecular complexity index is 1230. The molecule has 164 valence electrons. The molecule has 31 heavy (non-hydrogen) atoms. The van der Waals surface area contributed by atoms with Gasteiger partial charge in [0.15, 0.2) is 6.10 Å². The molecule has 1 unspecified atom stereocenters.